The van der Waals surface area contributed by atoms with Gasteiger partial charge < -0.3 is 4.74 Å². The summed E-state index contributed by atoms with van der Waals surface area (Å²) < 4.78 is 5.15. The Balaban J connectivity index is 2.93. The van der Waals surface area contributed by atoms with Gasteiger partial charge in [0.25, 0.3) is 0 Å². The van der Waals surface area contributed by atoms with Gasteiger partial charge in [-0.1, -0.05) is 36.9 Å². The number of ether oxygens (including phenoxy) is 1. The summed E-state index contributed by atoms with van der Waals surface area (Å²) in [5.41, 5.74) is 1.38. The zero-order valence-electron chi connectivity index (χ0n) is 8.49. The van der Waals surface area contributed by atoms with Gasteiger partial charge in [-0.05, 0) is 18.1 Å². The lowest BCUT2D eigenvalue weighted by atomic mass is 10.0. The van der Waals surface area contributed by atoms with E-state index in [0.29, 0.717) is 5.57 Å². The van der Waals surface area contributed by atoms with E-state index in [1.807, 2.05) is 30.3 Å². The molecule has 0 bridgehead atoms. The van der Waals surface area contributed by atoms with Gasteiger partial charge >= 0.3 is 0 Å². The zero-order valence-corrected chi connectivity index (χ0v) is 8.49. The van der Waals surface area contributed by atoms with E-state index in [-0.39, 0.29) is 5.78 Å². The Kier molecular flexibility index (Phi) is 3.60. The van der Waals surface area contributed by atoms with Crippen LogP contribution >= 0.6 is 0 Å². The van der Waals surface area contributed by atoms with Gasteiger partial charge in [0.2, 0.25) is 0 Å². The minimum absolute atomic E-state index is 0.0706. The number of carbonyl (C=O) groups excluding carboxylic acids is 1. The second-order valence-electron chi connectivity index (χ2n) is 3.17. The van der Waals surface area contributed by atoms with Crippen LogP contribution in [0.15, 0.2) is 42.5 Å². The number of carbonyl (C=O) groups is 1. The van der Waals surface area contributed by atoms with E-state index < -0.39 is 6.10 Å². The average molecular weight is 190 g/mol. The number of methoxy groups -OCH3 is 1. The summed E-state index contributed by atoms with van der Waals surface area (Å²) in [6.45, 7) is 5.31. The van der Waals surface area contributed by atoms with Gasteiger partial charge in [-0.25, -0.2) is 0 Å². The van der Waals surface area contributed by atoms with E-state index >= 15 is 0 Å². The highest BCUT2D eigenvalue weighted by Crippen LogP contribution is 2.19. The highest BCUT2D eigenvalue weighted by molar-refractivity contribution is 5.98. The lowest BCUT2D eigenvalue weighted by Gasteiger charge is -2.13. The van der Waals surface area contributed by atoms with Crippen LogP contribution in [-0.4, -0.2) is 12.9 Å². The first-order valence-corrected chi connectivity index (χ1v) is 4.44. The molecule has 0 heterocycles. The smallest absolute Gasteiger partial charge is 0.191 e. The lowest BCUT2D eigenvalue weighted by Crippen LogP contribution is -2.14. The van der Waals surface area contributed by atoms with Crippen LogP contribution < -0.4 is 0 Å². The standard InChI is InChI=1S/C12H14O2/c1-9(2)11(13)12(14-3)10-7-5-4-6-8-10/h4-8,12H,1H2,2-3H3. The number of hydrogen-bond donors (Lipinski definition) is 0. The first-order chi connectivity index (χ1) is 6.66. The van der Waals surface area contributed by atoms with E-state index in [1.165, 1.54) is 7.11 Å². The Hall–Kier alpha value is -1.41. The highest BCUT2D eigenvalue weighted by atomic mass is 16.5. The van der Waals surface area contributed by atoms with Crippen molar-refractivity contribution in [3.05, 3.63) is 48.0 Å². The van der Waals surface area contributed by atoms with Gasteiger partial charge in [0.05, 0.1) is 0 Å². The van der Waals surface area contributed by atoms with Crippen molar-refractivity contribution in [1.82, 2.24) is 0 Å². The molecule has 1 atom stereocenters. The molecule has 0 fully saturated rings. The predicted molar refractivity (Wildman–Crippen MR) is 56.0 cm³/mol. The molecule has 2 heteroatoms. The summed E-state index contributed by atoms with van der Waals surface area (Å²) in [5, 5.41) is 0. The van der Waals surface area contributed by atoms with Gasteiger partial charge in [0.15, 0.2) is 5.78 Å². The molecule has 0 N–H and O–H groups in total. The number of rotatable bonds is 4. The van der Waals surface area contributed by atoms with Crippen molar-refractivity contribution in [2.45, 2.75) is 13.0 Å². The van der Waals surface area contributed by atoms with Gasteiger partial charge in [0.1, 0.15) is 6.10 Å². The van der Waals surface area contributed by atoms with Gasteiger partial charge in [-0.3, -0.25) is 4.79 Å². The quantitative estimate of drug-likeness (QED) is 0.682. The van der Waals surface area contributed by atoms with Crippen molar-refractivity contribution in [2.24, 2.45) is 0 Å². The minimum Gasteiger partial charge on any atom is -0.369 e. The van der Waals surface area contributed by atoms with Crippen LogP contribution in [0.1, 0.15) is 18.6 Å². The number of benzene rings is 1. The molecule has 1 unspecified atom stereocenters. The Morgan fingerprint density at radius 1 is 1.36 bits per heavy atom. The van der Waals surface area contributed by atoms with Crippen LogP contribution in [0.3, 0.4) is 0 Å². The predicted octanol–water partition coefficient (Wildman–Crippen LogP) is 2.52. The summed E-state index contributed by atoms with van der Waals surface area (Å²) >= 11 is 0. The molecule has 0 amide bonds. The van der Waals surface area contributed by atoms with Gasteiger partial charge in [0, 0.05) is 7.11 Å². The number of hydrogen-bond acceptors (Lipinski definition) is 2. The summed E-state index contributed by atoms with van der Waals surface area (Å²) in [7, 11) is 1.53. The Morgan fingerprint density at radius 3 is 2.36 bits per heavy atom. The second-order valence-corrected chi connectivity index (χ2v) is 3.17. The van der Waals surface area contributed by atoms with Crippen molar-refractivity contribution >= 4 is 5.78 Å². The topological polar surface area (TPSA) is 26.3 Å². The fourth-order valence-corrected chi connectivity index (χ4v) is 1.25. The summed E-state index contributed by atoms with van der Waals surface area (Å²) in [4.78, 5) is 11.6. The fraction of sp³-hybridized carbons (Fsp3) is 0.250. The van der Waals surface area contributed by atoms with Crippen molar-refractivity contribution in [1.29, 1.82) is 0 Å². The van der Waals surface area contributed by atoms with Crippen molar-refractivity contribution in [3.8, 4) is 0 Å². The SMILES string of the molecule is C=C(C)C(=O)C(OC)c1ccccc1. The molecule has 14 heavy (non-hydrogen) atoms. The lowest BCUT2D eigenvalue weighted by molar-refractivity contribution is -0.125. The van der Waals surface area contributed by atoms with Crippen LogP contribution in [0.4, 0.5) is 0 Å². The zero-order chi connectivity index (χ0) is 10.6. The van der Waals surface area contributed by atoms with Crippen LogP contribution in [-0.2, 0) is 9.53 Å². The first kappa shape index (κ1) is 10.7. The third kappa shape index (κ3) is 2.30. The van der Waals surface area contributed by atoms with Gasteiger partial charge in [-0.15, -0.1) is 0 Å². The van der Waals surface area contributed by atoms with E-state index in [2.05, 4.69) is 6.58 Å². The minimum atomic E-state index is -0.520. The molecular formula is C12H14O2. The molecule has 0 aromatic heterocycles. The molecule has 0 aliphatic heterocycles. The summed E-state index contributed by atoms with van der Waals surface area (Å²) in [5.74, 6) is -0.0706. The molecule has 0 radical (unpaired) electrons. The first-order valence-electron chi connectivity index (χ1n) is 4.44. The molecule has 0 saturated carbocycles. The highest BCUT2D eigenvalue weighted by Gasteiger charge is 2.19. The third-order valence-electron chi connectivity index (χ3n) is 2.00. The molecule has 1 rings (SSSR count). The molecular weight excluding hydrogens is 176 g/mol. The van der Waals surface area contributed by atoms with Crippen molar-refractivity contribution < 1.29 is 9.53 Å². The summed E-state index contributed by atoms with van der Waals surface area (Å²) in [6.07, 6.45) is -0.520. The molecule has 0 spiro atoms. The van der Waals surface area contributed by atoms with Crippen LogP contribution in [0.2, 0.25) is 0 Å². The number of ketones is 1. The molecule has 2 nitrogen and oxygen atoms in total. The van der Waals surface area contributed by atoms with Crippen molar-refractivity contribution in [2.75, 3.05) is 7.11 Å². The third-order valence-corrected chi connectivity index (χ3v) is 2.00. The molecule has 0 aliphatic carbocycles. The molecule has 74 valence electrons. The van der Waals surface area contributed by atoms with E-state index in [1.54, 1.807) is 6.92 Å². The fourth-order valence-electron chi connectivity index (χ4n) is 1.25. The Labute approximate surface area is 84.2 Å². The molecule has 1 aromatic rings. The van der Waals surface area contributed by atoms with Gasteiger partial charge in [-0.2, -0.15) is 0 Å². The second kappa shape index (κ2) is 4.72. The normalized spacial score (nSPS) is 12.1. The maximum atomic E-state index is 11.6. The van der Waals surface area contributed by atoms with E-state index in [4.69, 9.17) is 4.74 Å². The maximum absolute atomic E-state index is 11.6. The number of Topliss-reactive ketones (excluding diaryl/α,β-unsaturated/α-hetero) is 1. The average Bonchev–Trinajstić information content (AvgIpc) is 2.20. The Bertz CT molecular complexity index is 327. The monoisotopic (exact) mass is 190 g/mol. The molecule has 0 aliphatic rings. The Morgan fingerprint density at radius 2 is 1.93 bits per heavy atom. The van der Waals surface area contributed by atoms with Crippen molar-refractivity contribution in [3.63, 3.8) is 0 Å². The largest absolute Gasteiger partial charge is 0.369 e. The van der Waals surface area contributed by atoms with Crippen LogP contribution in [0.25, 0.3) is 0 Å². The maximum Gasteiger partial charge on any atom is 0.191 e. The van der Waals surface area contributed by atoms with Crippen LogP contribution in [0, 0.1) is 0 Å². The molecule has 1 aromatic carbocycles. The summed E-state index contributed by atoms with van der Waals surface area (Å²) in [6, 6.07) is 9.41. The van der Waals surface area contributed by atoms with Crippen LogP contribution in [0.5, 0.6) is 0 Å². The van der Waals surface area contributed by atoms with E-state index in [9.17, 15) is 4.79 Å². The van der Waals surface area contributed by atoms with E-state index in [0.717, 1.165) is 5.56 Å². The molecule has 0 saturated heterocycles.